The molecule has 1 aromatic heterocycles. The van der Waals surface area contributed by atoms with Crippen LogP contribution >= 0.6 is 0 Å². The third kappa shape index (κ3) is 4.23. The molecule has 0 aliphatic heterocycles. The summed E-state index contributed by atoms with van der Waals surface area (Å²) in [5.74, 6) is -0.262. The van der Waals surface area contributed by atoms with E-state index in [2.05, 4.69) is 4.98 Å². The Kier molecular flexibility index (Phi) is 4.30. The van der Waals surface area contributed by atoms with Gasteiger partial charge in [-0.05, 0) is 30.5 Å². The summed E-state index contributed by atoms with van der Waals surface area (Å²) in [5.41, 5.74) is 1.45. The Morgan fingerprint density at radius 3 is 3.13 bits per heavy atom. The number of aryl methyl sites for hydroxylation is 1. The molecular weight excluding hydrogens is 192 g/mol. The molecule has 78 valence electrons. The standard InChI is InChI=1S/C11H12N2O2/c1-9(14)15-6-2-3-10-4-5-13-11(7-10)8-12/h4-5,7H,2-3,6H2,1H3. The minimum absolute atomic E-state index is 0.262. The zero-order chi connectivity index (χ0) is 11.1. The summed E-state index contributed by atoms with van der Waals surface area (Å²) in [6, 6.07) is 5.58. The van der Waals surface area contributed by atoms with Gasteiger partial charge in [-0.1, -0.05) is 0 Å². The van der Waals surface area contributed by atoms with Gasteiger partial charge in [0.2, 0.25) is 0 Å². The summed E-state index contributed by atoms with van der Waals surface area (Å²) in [6.45, 7) is 1.81. The highest BCUT2D eigenvalue weighted by atomic mass is 16.5. The van der Waals surface area contributed by atoms with Crippen molar-refractivity contribution >= 4 is 5.97 Å². The van der Waals surface area contributed by atoms with E-state index in [9.17, 15) is 4.79 Å². The lowest BCUT2D eigenvalue weighted by Gasteiger charge is -2.02. The topological polar surface area (TPSA) is 63.0 Å². The molecule has 1 aromatic rings. The van der Waals surface area contributed by atoms with Crippen LogP contribution in [0.5, 0.6) is 0 Å². The molecule has 0 aromatic carbocycles. The van der Waals surface area contributed by atoms with Gasteiger partial charge in [0.1, 0.15) is 11.8 Å². The Morgan fingerprint density at radius 2 is 2.47 bits per heavy atom. The highest BCUT2D eigenvalue weighted by molar-refractivity contribution is 5.65. The summed E-state index contributed by atoms with van der Waals surface area (Å²) in [6.07, 6.45) is 3.15. The maximum Gasteiger partial charge on any atom is 0.302 e. The number of hydrogen-bond acceptors (Lipinski definition) is 4. The number of pyridine rings is 1. The number of nitrogens with zero attached hydrogens (tertiary/aromatic N) is 2. The second-order valence-corrected chi connectivity index (χ2v) is 3.10. The molecule has 0 N–H and O–H groups in total. The van der Waals surface area contributed by atoms with Crippen LogP contribution in [0.1, 0.15) is 24.6 Å². The van der Waals surface area contributed by atoms with Crippen LogP contribution in [-0.4, -0.2) is 17.6 Å². The Labute approximate surface area is 88.5 Å². The molecule has 0 aliphatic rings. The first-order valence-corrected chi connectivity index (χ1v) is 4.71. The molecule has 0 saturated heterocycles. The third-order valence-electron chi connectivity index (χ3n) is 1.85. The molecule has 1 heterocycles. The van der Waals surface area contributed by atoms with Crippen LogP contribution in [-0.2, 0) is 16.0 Å². The minimum atomic E-state index is -0.262. The fourth-order valence-corrected chi connectivity index (χ4v) is 1.18. The molecule has 4 heteroatoms. The van der Waals surface area contributed by atoms with Crippen LogP contribution in [0.25, 0.3) is 0 Å². The van der Waals surface area contributed by atoms with Gasteiger partial charge in [0.25, 0.3) is 0 Å². The monoisotopic (exact) mass is 204 g/mol. The van der Waals surface area contributed by atoms with Gasteiger partial charge in [0.05, 0.1) is 6.61 Å². The first kappa shape index (κ1) is 11.2. The van der Waals surface area contributed by atoms with Gasteiger partial charge < -0.3 is 4.74 Å². The zero-order valence-corrected chi connectivity index (χ0v) is 8.56. The molecule has 0 radical (unpaired) electrons. The molecule has 1 rings (SSSR count). The van der Waals surface area contributed by atoms with Gasteiger partial charge in [-0.2, -0.15) is 5.26 Å². The summed E-state index contributed by atoms with van der Waals surface area (Å²) >= 11 is 0. The van der Waals surface area contributed by atoms with Crippen molar-refractivity contribution in [2.24, 2.45) is 0 Å². The highest BCUT2D eigenvalue weighted by Gasteiger charge is 1.97. The van der Waals surface area contributed by atoms with E-state index in [1.807, 2.05) is 12.1 Å². The van der Waals surface area contributed by atoms with E-state index < -0.39 is 0 Å². The van der Waals surface area contributed by atoms with Crippen molar-refractivity contribution in [3.05, 3.63) is 29.6 Å². The summed E-state index contributed by atoms with van der Waals surface area (Å²) in [4.78, 5) is 14.3. The summed E-state index contributed by atoms with van der Waals surface area (Å²) in [7, 11) is 0. The number of hydrogen-bond donors (Lipinski definition) is 0. The van der Waals surface area contributed by atoms with Crippen LogP contribution in [0, 0.1) is 11.3 Å². The second-order valence-electron chi connectivity index (χ2n) is 3.10. The number of esters is 1. The minimum Gasteiger partial charge on any atom is -0.466 e. The zero-order valence-electron chi connectivity index (χ0n) is 8.56. The Balaban J connectivity index is 2.38. The SMILES string of the molecule is CC(=O)OCCCc1ccnc(C#N)c1. The quantitative estimate of drug-likeness (QED) is 0.550. The molecule has 0 fully saturated rings. The average Bonchev–Trinajstić information content (AvgIpc) is 2.24. The van der Waals surface area contributed by atoms with Crippen LogP contribution in [0.4, 0.5) is 0 Å². The summed E-state index contributed by atoms with van der Waals surface area (Å²) in [5, 5.41) is 8.62. The van der Waals surface area contributed by atoms with Crippen molar-refractivity contribution in [1.29, 1.82) is 5.26 Å². The number of aromatic nitrogens is 1. The maximum atomic E-state index is 10.5. The number of rotatable bonds is 4. The molecule has 0 spiro atoms. The number of ether oxygens (including phenoxy) is 1. The lowest BCUT2D eigenvalue weighted by Crippen LogP contribution is -2.01. The highest BCUT2D eigenvalue weighted by Crippen LogP contribution is 2.04. The van der Waals surface area contributed by atoms with Crippen molar-refractivity contribution in [3.8, 4) is 6.07 Å². The maximum absolute atomic E-state index is 10.5. The first-order chi connectivity index (χ1) is 7.22. The van der Waals surface area contributed by atoms with Gasteiger partial charge in [0, 0.05) is 13.1 Å². The van der Waals surface area contributed by atoms with Crippen LogP contribution in [0.2, 0.25) is 0 Å². The van der Waals surface area contributed by atoms with Crippen LogP contribution in [0.3, 0.4) is 0 Å². The second kappa shape index (κ2) is 5.76. The fourth-order valence-electron chi connectivity index (χ4n) is 1.18. The number of carbonyl (C=O) groups is 1. The predicted octanol–water partition coefficient (Wildman–Crippen LogP) is 1.45. The van der Waals surface area contributed by atoms with Crippen molar-refractivity contribution in [1.82, 2.24) is 4.98 Å². The lowest BCUT2D eigenvalue weighted by molar-refractivity contribution is -0.141. The van der Waals surface area contributed by atoms with Crippen molar-refractivity contribution < 1.29 is 9.53 Å². The molecule has 0 unspecified atom stereocenters. The lowest BCUT2D eigenvalue weighted by atomic mass is 10.1. The van der Waals surface area contributed by atoms with Crippen molar-refractivity contribution in [2.45, 2.75) is 19.8 Å². The molecule has 0 amide bonds. The van der Waals surface area contributed by atoms with E-state index in [0.29, 0.717) is 12.3 Å². The molecule has 0 aliphatic carbocycles. The smallest absolute Gasteiger partial charge is 0.302 e. The van der Waals surface area contributed by atoms with E-state index in [1.54, 1.807) is 12.3 Å². The Bertz CT molecular complexity index is 382. The predicted molar refractivity (Wildman–Crippen MR) is 53.9 cm³/mol. The normalized spacial score (nSPS) is 9.33. The van der Waals surface area contributed by atoms with Crippen LogP contribution < -0.4 is 0 Å². The molecule has 0 atom stereocenters. The van der Waals surface area contributed by atoms with Gasteiger partial charge in [-0.25, -0.2) is 4.98 Å². The number of carbonyl (C=O) groups excluding carboxylic acids is 1. The van der Waals surface area contributed by atoms with Gasteiger partial charge in [-0.3, -0.25) is 4.79 Å². The van der Waals surface area contributed by atoms with Gasteiger partial charge >= 0.3 is 5.97 Å². The number of nitriles is 1. The fraction of sp³-hybridized carbons (Fsp3) is 0.364. The largest absolute Gasteiger partial charge is 0.466 e. The van der Waals surface area contributed by atoms with Gasteiger partial charge in [0.15, 0.2) is 0 Å². The Morgan fingerprint density at radius 1 is 1.67 bits per heavy atom. The van der Waals surface area contributed by atoms with E-state index >= 15 is 0 Å². The Hall–Kier alpha value is -1.89. The summed E-state index contributed by atoms with van der Waals surface area (Å²) < 4.78 is 4.80. The van der Waals surface area contributed by atoms with Crippen LogP contribution in [0.15, 0.2) is 18.3 Å². The van der Waals surface area contributed by atoms with E-state index in [0.717, 1.165) is 18.4 Å². The average molecular weight is 204 g/mol. The molecule has 0 bridgehead atoms. The van der Waals surface area contributed by atoms with Gasteiger partial charge in [-0.15, -0.1) is 0 Å². The van der Waals surface area contributed by atoms with Crippen molar-refractivity contribution in [2.75, 3.05) is 6.61 Å². The molecular formula is C11H12N2O2. The van der Waals surface area contributed by atoms with E-state index in [-0.39, 0.29) is 5.97 Å². The van der Waals surface area contributed by atoms with E-state index in [1.165, 1.54) is 6.92 Å². The third-order valence-corrected chi connectivity index (χ3v) is 1.85. The molecule has 4 nitrogen and oxygen atoms in total. The molecule has 0 saturated carbocycles. The first-order valence-electron chi connectivity index (χ1n) is 4.71. The van der Waals surface area contributed by atoms with E-state index in [4.69, 9.17) is 10.00 Å². The molecule has 15 heavy (non-hydrogen) atoms. The van der Waals surface area contributed by atoms with Crippen molar-refractivity contribution in [3.63, 3.8) is 0 Å².